The van der Waals surface area contributed by atoms with Gasteiger partial charge in [0, 0.05) is 58.4 Å². The van der Waals surface area contributed by atoms with Crippen LogP contribution in [0.3, 0.4) is 0 Å². The Balaban J connectivity index is 1.46. The Morgan fingerprint density at radius 3 is 2.90 bits per heavy atom. The molecule has 7 nitrogen and oxygen atoms in total. The van der Waals surface area contributed by atoms with Crippen LogP contribution in [0.5, 0.6) is 5.75 Å². The summed E-state index contributed by atoms with van der Waals surface area (Å²) in [5.74, 6) is -1.17. The Morgan fingerprint density at radius 2 is 1.98 bits per heavy atom. The summed E-state index contributed by atoms with van der Waals surface area (Å²) in [6.45, 7) is 1.94. The van der Waals surface area contributed by atoms with Crippen LogP contribution in [0.15, 0.2) is 54.0 Å². The van der Waals surface area contributed by atoms with E-state index in [0.29, 0.717) is 23.6 Å². The Kier molecular flexibility index (Phi) is 5.68. The van der Waals surface area contributed by atoms with Crippen LogP contribution in [-0.4, -0.2) is 37.7 Å². The van der Waals surface area contributed by atoms with Crippen LogP contribution >= 0.6 is 11.3 Å². The number of fused-ring (bicyclic) bond motifs is 8. The molecule has 2 aliphatic heterocycles. The highest BCUT2D eigenvalue weighted by atomic mass is 32.1. The quantitative estimate of drug-likeness (QED) is 0.235. The second-order valence-electron chi connectivity index (χ2n) is 10.7. The maximum absolute atomic E-state index is 15.9. The van der Waals surface area contributed by atoms with Crippen molar-refractivity contribution in [2.75, 3.05) is 13.2 Å². The van der Waals surface area contributed by atoms with Crippen molar-refractivity contribution in [3.05, 3.63) is 71.4 Å². The van der Waals surface area contributed by atoms with E-state index >= 15 is 4.39 Å². The number of nitrogens with zero attached hydrogens (tertiary/aromatic N) is 5. The Morgan fingerprint density at radius 1 is 1.05 bits per heavy atom. The number of aromatic nitrogens is 5. The van der Waals surface area contributed by atoms with Gasteiger partial charge in [-0.25, -0.2) is 13.8 Å². The summed E-state index contributed by atoms with van der Waals surface area (Å²) in [6.07, 6.45) is 4.44. The van der Waals surface area contributed by atoms with E-state index in [2.05, 4.69) is 22.5 Å². The highest BCUT2D eigenvalue weighted by molar-refractivity contribution is 7.18. The molecule has 1 N–H and O–H groups in total. The van der Waals surface area contributed by atoms with E-state index in [1.165, 1.54) is 17.4 Å². The number of benzene rings is 2. The van der Waals surface area contributed by atoms with E-state index in [9.17, 15) is 4.39 Å². The molecule has 0 saturated carbocycles. The molecule has 1 atom stereocenters. The molecule has 2 aromatic carbocycles. The summed E-state index contributed by atoms with van der Waals surface area (Å²) in [6, 6.07) is 12.6. The summed E-state index contributed by atoms with van der Waals surface area (Å²) in [7, 11) is 1.92. The average molecular weight is 569 g/mol. The van der Waals surface area contributed by atoms with Crippen LogP contribution in [0.1, 0.15) is 31.0 Å². The van der Waals surface area contributed by atoms with Gasteiger partial charge in [-0.15, -0.1) is 11.3 Å². The van der Waals surface area contributed by atoms with E-state index < -0.39 is 11.6 Å². The summed E-state index contributed by atoms with van der Waals surface area (Å²) >= 11 is 1.51. The number of hydrogen-bond donors (Lipinski definition) is 1. The molecule has 2 aliphatic rings. The monoisotopic (exact) mass is 568 g/mol. The fourth-order valence-electron chi connectivity index (χ4n) is 6.22. The zero-order valence-corrected chi connectivity index (χ0v) is 23.1. The molecule has 0 unspecified atom stereocenters. The van der Waals surface area contributed by atoms with Gasteiger partial charge in [-0.05, 0) is 48.9 Å². The summed E-state index contributed by atoms with van der Waals surface area (Å²) < 4.78 is 41.3. The van der Waals surface area contributed by atoms with Crippen LogP contribution in [0.4, 0.5) is 8.78 Å². The third-order valence-electron chi connectivity index (χ3n) is 8.17. The highest BCUT2D eigenvalue weighted by Crippen LogP contribution is 2.47. The second kappa shape index (κ2) is 9.46. The van der Waals surface area contributed by atoms with Crippen molar-refractivity contribution in [1.82, 2.24) is 29.9 Å². The Hall–Kier alpha value is -4.15. The van der Waals surface area contributed by atoms with Gasteiger partial charge in [0.25, 0.3) is 0 Å². The fourth-order valence-corrected chi connectivity index (χ4v) is 7.17. The van der Waals surface area contributed by atoms with E-state index in [0.717, 1.165) is 76.4 Å². The van der Waals surface area contributed by atoms with Gasteiger partial charge in [0.05, 0.1) is 41.8 Å². The van der Waals surface area contributed by atoms with Crippen LogP contribution in [0, 0.1) is 11.6 Å². The van der Waals surface area contributed by atoms with Gasteiger partial charge < -0.3 is 10.1 Å². The molecule has 0 saturated heterocycles. The van der Waals surface area contributed by atoms with Crippen molar-refractivity contribution in [1.29, 1.82) is 0 Å². The first-order chi connectivity index (χ1) is 20.0. The third kappa shape index (κ3) is 3.96. The van der Waals surface area contributed by atoms with Gasteiger partial charge in [0.1, 0.15) is 28.8 Å². The molecule has 8 rings (SSSR count). The SMILES string of the molecule is Cn1ncc2cc(-c3nc4c(c5sccc35)-c3c(F)cc(F)cc3OCCCC[C@@H]3NCCn5nc-4cc53)ccc21. The summed E-state index contributed by atoms with van der Waals surface area (Å²) in [4.78, 5) is 5.25. The predicted molar refractivity (Wildman–Crippen MR) is 156 cm³/mol. The molecular weight excluding hydrogens is 542 g/mol. The minimum atomic E-state index is -0.680. The number of aryl methyl sites for hydroxylation is 1. The second-order valence-corrected chi connectivity index (χ2v) is 11.6. The van der Waals surface area contributed by atoms with E-state index in [1.54, 1.807) is 0 Å². The number of hydrogen-bond acceptors (Lipinski definition) is 6. The van der Waals surface area contributed by atoms with Crippen LogP contribution in [0.25, 0.3) is 54.8 Å². The average Bonchev–Trinajstić information content (AvgIpc) is 3.70. The van der Waals surface area contributed by atoms with Gasteiger partial charge in [0.2, 0.25) is 0 Å². The smallest absolute Gasteiger partial charge is 0.137 e. The van der Waals surface area contributed by atoms with Crippen molar-refractivity contribution in [2.45, 2.75) is 31.8 Å². The van der Waals surface area contributed by atoms with Crippen LogP contribution < -0.4 is 10.1 Å². The van der Waals surface area contributed by atoms with Crippen molar-refractivity contribution in [2.24, 2.45) is 7.05 Å². The first-order valence-electron chi connectivity index (χ1n) is 13.8. The molecule has 10 heteroatoms. The molecule has 0 radical (unpaired) electrons. The number of pyridine rings is 1. The number of nitrogens with one attached hydrogen (secondary N) is 1. The Labute approximate surface area is 238 Å². The zero-order chi connectivity index (χ0) is 27.7. The zero-order valence-electron chi connectivity index (χ0n) is 22.3. The minimum absolute atomic E-state index is 0.156. The molecule has 0 fully saturated rings. The lowest BCUT2D eigenvalue weighted by molar-refractivity contribution is 0.294. The van der Waals surface area contributed by atoms with E-state index in [4.69, 9.17) is 14.8 Å². The van der Waals surface area contributed by atoms with Gasteiger partial charge >= 0.3 is 0 Å². The highest BCUT2D eigenvalue weighted by Gasteiger charge is 2.29. The minimum Gasteiger partial charge on any atom is -0.493 e. The maximum atomic E-state index is 15.9. The number of thiophene rings is 1. The number of rotatable bonds is 1. The first-order valence-corrected chi connectivity index (χ1v) is 14.7. The molecule has 4 aromatic heterocycles. The summed E-state index contributed by atoms with van der Waals surface area (Å²) in [5, 5.41) is 16.9. The standard InChI is InChI=1S/C31H26F2N6OS/c1-38-24-6-5-17(12-18(24)16-35-38)29-20-7-11-41-31(20)28-27-21(33)13-19(32)14-26(27)40-10-3-2-4-22-25-15-23(30(28)36-29)37-39(25)9-8-34-22/h5-7,11-16,22,34H,2-4,8-10H2,1H3/t22-/m0/s1. The Bertz CT molecular complexity index is 1970. The van der Waals surface area contributed by atoms with Gasteiger partial charge in [-0.1, -0.05) is 6.07 Å². The molecule has 2 bridgehead atoms. The lowest BCUT2D eigenvalue weighted by atomic mass is 9.96. The summed E-state index contributed by atoms with van der Waals surface area (Å²) in [5.41, 5.74) is 5.84. The molecular formula is C31H26F2N6OS. The van der Waals surface area contributed by atoms with E-state index in [-0.39, 0.29) is 17.4 Å². The molecule has 6 aromatic rings. The van der Waals surface area contributed by atoms with Crippen LogP contribution in [-0.2, 0) is 13.6 Å². The van der Waals surface area contributed by atoms with Crippen molar-refractivity contribution in [3.8, 4) is 39.5 Å². The molecule has 6 heterocycles. The van der Waals surface area contributed by atoms with Crippen molar-refractivity contribution < 1.29 is 13.5 Å². The lowest BCUT2D eigenvalue weighted by Gasteiger charge is -2.25. The lowest BCUT2D eigenvalue weighted by Crippen LogP contribution is -2.33. The third-order valence-corrected chi connectivity index (χ3v) is 9.10. The van der Waals surface area contributed by atoms with Crippen molar-refractivity contribution >= 4 is 32.3 Å². The van der Waals surface area contributed by atoms with Crippen LogP contribution in [0.2, 0.25) is 0 Å². The van der Waals surface area contributed by atoms with Crippen molar-refractivity contribution in [3.63, 3.8) is 0 Å². The van der Waals surface area contributed by atoms with Gasteiger partial charge in [0.15, 0.2) is 0 Å². The number of halogens is 2. The maximum Gasteiger partial charge on any atom is 0.137 e. The van der Waals surface area contributed by atoms with Gasteiger partial charge in [-0.3, -0.25) is 9.36 Å². The molecule has 0 aliphatic carbocycles. The normalized spacial score (nSPS) is 16.9. The molecule has 0 spiro atoms. The topological polar surface area (TPSA) is 69.8 Å². The molecule has 41 heavy (non-hydrogen) atoms. The van der Waals surface area contributed by atoms with Gasteiger partial charge in [-0.2, -0.15) is 10.2 Å². The molecule has 206 valence electrons. The largest absolute Gasteiger partial charge is 0.493 e. The first kappa shape index (κ1) is 24.6. The van der Waals surface area contributed by atoms with E-state index in [1.807, 2.05) is 46.2 Å². The molecule has 0 amide bonds. The fraction of sp³-hybridized carbons (Fsp3) is 0.258. The number of ether oxygens (including phenoxy) is 1. The predicted octanol–water partition coefficient (Wildman–Crippen LogP) is 6.87.